The SMILES string of the molecule is Cc1onc(C2[C@H]3CNC[C@@H]23)c1N(C)C.O=C(O)C(F)(F)F. The molecular weight excluding hydrogens is 303 g/mol. The Balaban J connectivity index is 0.000000217. The maximum absolute atomic E-state index is 10.6. The van der Waals surface area contributed by atoms with Gasteiger partial charge in [-0.3, -0.25) is 0 Å². The maximum atomic E-state index is 10.6. The van der Waals surface area contributed by atoms with E-state index in [1.807, 2.05) is 6.92 Å². The minimum Gasteiger partial charge on any atom is -0.475 e. The summed E-state index contributed by atoms with van der Waals surface area (Å²) in [5.41, 5.74) is 2.36. The number of nitrogens with one attached hydrogen (secondary N) is 1. The van der Waals surface area contributed by atoms with Gasteiger partial charge in [-0.25, -0.2) is 4.79 Å². The summed E-state index contributed by atoms with van der Waals surface area (Å²) in [4.78, 5) is 11.0. The van der Waals surface area contributed by atoms with Gasteiger partial charge in [-0.05, 0) is 31.8 Å². The average molecular weight is 321 g/mol. The van der Waals surface area contributed by atoms with Crippen molar-refractivity contribution >= 4 is 11.7 Å². The van der Waals surface area contributed by atoms with Crippen molar-refractivity contribution in [3.05, 3.63) is 11.5 Å². The molecule has 0 spiro atoms. The topological polar surface area (TPSA) is 78.6 Å². The molecule has 6 nitrogen and oxygen atoms in total. The van der Waals surface area contributed by atoms with Gasteiger partial charge in [0.05, 0.1) is 0 Å². The predicted molar refractivity (Wildman–Crippen MR) is 71.8 cm³/mol. The summed E-state index contributed by atoms with van der Waals surface area (Å²) in [6.07, 6.45) is -5.08. The zero-order valence-electron chi connectivity index (χ0n) is 12.4. The Hall–Kier alpha value is -1.77. The van der Waals surface area contributed by atoms with Crippen LogP contribution in [0.1, 0.15) is 17.4 Å². The van der Waals surface area contributed by atoms with Gasteiger partial charge in [0.2, 0.25) is 0 Å². The number of carbonyl (C=O) groups is 1. The van der Waals surface area contributed by atoms with E-state index >= 15 is 0 Å². The minimum absolute atomic E-state index is 0.640. The zero-order chi connectivity index (χ0) is 16.7. The van der Waals surface area contributed by atoms with Gasteiger partial charge >= 0.3 is 12.1 Å². The van der Waals surface area contributed by atoms with Crippen molar-refractivity contribution in [1.29, 1.82) is 0 Å². The lowest BCUT2D eigenvalue weighted by atomic mass is 10.1. The van der Waals surface area contributed by atoms with Crippen LogP contribution in [-0.2, 0) is 4.79 Å². The van der Waals surface area contributed by atoms with Gasteiger partial charge in [-0.15, -0.1) is 0 Å². The van der Waals surface area contributed by atoms with Crippen molar-refractivity contribution in [1.82, 2.24) is 10.5 Å². The van der Waals surface area contributed by atoms with Crippen LogP contribution in [0, 0.1) is 18.8 Å². The summed E-state index contributed by atoms with van der Waals surface area (Å²) in [5, 5.41) is 14.8. The molecule has 0 bridgehead atoms. The van der Waals surface area contributed by atoms with Crippen LogP contribution in [0.4, 0.5) is 18.9 Å². The lowest BCUT2D eigenvalue weighted by molar-refractivity contribution is -0.192. The second kappa shape index (κ2) is 5.79. The Bertz CT molecular complexity index is 546. The van der Waals surface area contributed by atoms with Crippen LogP contribution in [-0.4, -0.2) is 49.6 Å². The van der Waals surface area contributed by atoms with Crippen LogP contribution >= 0.6 is 0 Å². The highest BCUT2D eigenvalue weighted by Crippen LogP contribution is 2.57. The van der Waals surface area contributed by atoms with E-state index < -0.39 is 12.1 Å². The van der Waals surface area contributed by atoms with E-state index in [-0.39, 0.29) is 0 Å². The third kappa shape index (κ3) is 3.18. The highest BCUT2D eigenvalue weighted by atomic mass is 19.4. The molecule has 1 aliphatic carbocycles. The molecule has 9 heteroatoms. The zero-order valence-corrected chi connectivity index (χ0v) is 12.4. The van der Waals surface area contributed by atoms with E-state index in [9.17, 15) is 13.2 Å². The van der Waals surface area contributed by atoms with E-state index in [1.54, 1.807) is 0 Å². The fraction of sp³-hybridized carbons (Fsp3) is 0.692. The summed E-state index contributed by atoms with van der Waals surface area (Å²) < 4.78 is 37.0. The monoisotopic (exact) mass is 321 g/mol. The molecule has 2 aliphatic rings. The van der Waals surface area contributed by atoms with Crippen LogP contribution < -0.4 is 10.2 Å². The fourth-order valence-electron chi connectivity index (χ4n) is 2.97. The molecule has 1 saturated heterocycles. The largest absolute Gasteiger partial charge is 0.490 e. The minimum atomic E-state index is -5.08. The van der Waals surface area contributed by atoms with Gasteiger partial charge < -0.3 is 19.8 Å². The molecule has 3 atom stereocenters. The quantitative estimate of drug-likeness (QED) is 0.862. The highest BCUT2D eigenvalue weighted by molar-refractivity contribution is 5.73. The Morgan fingerprint density at radius 2 is 1.86 bits per heavy atom. The number of aliphatic carboxylic acids is 1. The number of nitrogens with zero attached hydrogens (tertiary/aromatic N) is 2. The van der Waals surface area contributed by atoms with E-state index in [0.717, 1.165) is 30.7 Å². The number of carboxylic acids is 1. The van der Waals surface area contributed by atoms with Gasteiger partial charge in [0.25, 0.3) is 0 Å². The molecule has 0 radical (unpaired) electrons. The number of aryl methyl sites for hydroxylation is 1. The van der Waals surface area contributed by atoms with Gasteiger partial charge in [-0.1, -0.05) is 5.16 Å². The summed E-state index contributed by atoms with van der Waals surface area (Å²) in [6, 6.07) is 0. The Labute approximate surface area is 125 Å². The van der Waals surface area contributed by atoms with Gasteiger partial charge in [0.15, 0.2) is 5.76 Å². The molecule has 124 valence electrons. The fourth-order valence-corrected chi connectivity index (χ4v) is 2.97. The first-order valence-electron chi connectivity index (χ1n) is 6.79. The number of halogens is 3. The molecule has 1 aromatic rings. The lowest BCUT2D eigenvalue weighted by Gasteiger charge is -2.12. The van der Waals surface area contributed by atoms with Crippen LogP contribution in [0.25, 0.3) is 0 Å². The molecule has 3 rings (SSSR count). The number of fused-ring (bicyclic) bond motifs is 1. The van der Waals surface area contributed by atoms with E-state index in [2.05, 4.69) is 29.5 Å². The number of anilines is 1. The van der Waals surface area contributed by atoms with E-state index in [0.29, 0.717) is 5.92 Å². The van der Waals surface area contributed by atoms with Crippen molar-refractivity contribution in [2.24, 2.45) is 11.8 Å². The van der Waals surface area contributed by atoms with Gasteiger partial charge in [0.1, 0.15) is 11.4 Å². The Morgan fingerprint density at radius 3 is 2.27 bits per heavy atom. The number of hydrogen-bond donors (Lipinski definition) is 2. The standard InChI is InChI=1S/C11H17N3O.C2HF3O2/c1-6-11(14(2)3)10(13-15-6)9-7-4-12-5-8(7)9;3-2(4,5)1(6)7/h7-9,12H,4-5H2,1-3H3;(H,6,7)/t7-,8+,9?;. The second-order valence-electron chi connectivity index (χ2n) is 5.68. The molecule has 0 aromatic carbocycles. The lowest BCUT2D eigenvalue weighted by Crippen LogP contribution is -2.21. The number of piperidine rings is 1. The number of rotatable bonds is 2. The molecule has 0 amide bonds. The molecule has 1 unspecified atom stereocenters. The first-order chi connectivity index (χ1) is 10.1. The van der Waals surface area contributed by atoms with Crippen molar-refractivity contribution in [3.63, 3.8) is 0 Å². The van der Waals surface area contributed by atoms with Crippen LogP contribution in [0.3, 0.4) is 0 Å². The number of carboxylic acid groups (broad SMARTS) is 1. The summed E-state index contributed by atoms with van der Waals surface area (Å²) >= 11 is 0. The molecule has 1 saturated carbocycles. The Kier molecular flexibility index (Phi) is 4.37. The molecule has 2 fully saturated rings. The molecule has 1 aliphatic heterocycles. The summed E-state index contributed by atoms with van der Waals surface area (Å²) in [6.45, 7) is 4.28. The third-order valence-corrected chi connectivity index (χ3v) is 3.95. The molecule has 1 aromatic heterocycles. The Morgan fingerprint density at radius 1 is 1.36 bits per heavy atom. The average Bonchev–Trinajstić information content (AvgIpc) is 2.76. The van der Waals surface area contributed by atoms with E-state index in [4.69, 9.17) is 14.4 Å². The predicted octanol–water partition coefficient (Wildman–Crippen LogP) is 1.62. The number of aromatic nitrogens is 1. The first-order valence-corrected chi connectivity index (χ1v) is 6.79. The highest BCUT2D eigenvalue weighted by Gasteiger charge is 2.56. The van der Waals surface area contributed by atoms with Crippen LogP contribution in [0.5, 0.6) is 0 Å². The maximum Gasteiger partial charge on any atom is 0.490 e. The van der Waals surface area contributed by atoms with Crippen LogP contribution in [0.2, 0.25) is 0 Å². The van der Waals surface area contributed by atoms with Crippen molar-refractivity contribution in [2.45, 2.75) is 19.0 Å². The van der Waals surface area contributed by atoms with Gasteiger partial charge in [0, 0.05) is 20.0 Å². The summed E-state index contributed by atoms with van der Waals surface area (Å²) in [7, 11) is 4.11. The van der Waals surface area contributed by atoms with Gasteiger partial charge in [-0.2, -0.15) is 13.2 Å². The first kappa shape index (κ1) is 16.6. The molecule has 22 heavy (non-hydrogen) atoms. The van der Waals surface area contributed by atoms with Crippen molar-refractivity contribution < 1.29 is 27.6 Å². The van der Waals surface area contributed by atoms with Crippen molar-refractivity contribution in [3.8, 4) is 0 Å². The third-order valence-electron chi connectivity index (χ3n) is 3.95. The normalized spacial score (nSPS) is 26.0. The summed E-state index contributed by atoms with van der Waals surface area (Å²) in [5.74, 6) is 0.419. The smallest absolute Gasteiger partial charge is 0.475 e. The van der Waals surface area contributed by atoms with Crippen LogP contribution in [0.15, 0.2) is 4.52 Å². The van der Waals surface area contributed by atoms with Crippen molar-refractivity contribution in [2.75, 3.05) is 32.1 Å². The molecule has 2 heterocycles. The molecule has 2 N–H and O–H groups in total. The molecular formula is C13H18F3N3O3. The van der Waals surface area contributed by atoms with E-state index in [1.165, 1.54) is 11.4 Å². The number of hydrogen-bond acceptors (Lipinski definition) is 5. The second-order valence-corrected chi connectivity index (χ2v) is 5.68. The number of alkyl halides is 3.